The number of ketones is 1. The van der Waals surface area contributed by atoms with Crippen LogP contribution in [0.25, 0.3) is 0 Å². The zero-order valence-corrected chi connectivity index (χ0v) is 10.1. The molecule has 0 aromatic rings. The van der Waals surface area contributed by atoms with Crippen LogP contribution in [0.2, 0.25) is 0 Å². The van der Waals surface area contributed by atoms with E-state index < -0.39 is 0 Å². The summed E-state index contributed by atoms with van der Waals surface area (Å²) in [7, 11) is 0. The second kappa shape index (κ2) is 8.43. The molecule has 0 aliphatic heterocycles. The highest BCUT2D eigenvalue weighted by atomic mass is 16.1. The third-order valence-electron chi connectivity index (χ3n) is 2.47. The minimum atomic E-state index is 0.267. The Morgan fingerprint density at radius 1 is 1.33 bits per heavy atom. The van der Waals surface area contributed by atoms with Gasteiger partial charge in [-0.05, 0) is 40.2 Å². The molecule has 0 unspecified atom stereocenters. The molecule has 0 aliphatic carbocycles. The first-order valence-corrected chi connectivity index (χ1v) is 5.68. The smallest absolute Gasteiger partial charge is 0.129 e. The molecule has 0 fully saturated rings. The first-order valence-electron chi connectivity index (χ1n) is 5.68. The molecule has 0 saturated carbocycles. The number of nitrogens with zero attached hydrogens (tertiary/aromatic N) is 2. The minimum absolute atomic E-state index is 0.267. The normalized spacial score (nSPS) is 10.7. The van der Waals surface area contributed by atoms with Gasteiger partial charge in [-0.15, -0.1) is 0 Å². The van der Waals surface area contributed by atoms with Crippen molar-refractivity contribution in [3.05, 3.63) is 0 Å². The van der Waals surface area contributed by atoms with Gasteiger partial charge in [0.1, 0.15) is 5.78 Å². The molecule has 0 aromatic carbocycles. The van der Waals surface area contributed by atoms with E-state index in [2.05, 4.69) is 24.8 Å². The van der Waals surface area contributed by atoms with Crippen molar-refractivity contribution in [2.75, 3.05) is 13.1 Å². The van der Waals surface area contributed by atoms with Crippen LogP contribution in [0.15, 0.2) is 0 Å². The number of hydrogen-bond donors (Lipinski definition) is 0. The summed E-state index contributed by atoms with van der Waals surface area (Å²) in [5.74, 6) is 0.267. The van der Waals surface area contributed by atoms with E-state index >= 15 is 0 Å². The Morgan fingerprint density at radius 3 is 2.47 bits per heavy atom. The average molecular weight is 210 g/mol. The van der Waals surface area contributed by atoms with Crippen LogP contribution in [0.3, 0.4) is 0 Å². The maximum atomic E-state index is 10.7. The van der Waals surface area contributed by atoms with Gasteiger partial charge < -0.3 is 4.79 Å². The molecule has 0 aliphatic rings. The molecule has 0 rings (SSSR count). The third kappa shape index (κ3) is 8.14. The summed E-state index contributed by atoms with van der Waals surface area (Å²) in [6, 6.07) is 2.65. The molecule has 15 heavy (non-hydrogen) atoms. The molecule has 0 bridgehead atoms. The number of hydrogen-bond acceptors (Lipinski definition) is 3. The Balaban J connectivity index is 3.67. The van der Waals surface area contributed by atoms with Crippen LogP contribution >= 0.6 is 0 Å². The van der Waals surface area contributed by atoms with E-state index in [1.54, 1.807) is 6.92 Å². The summed E-state index contributed by atoms with van der Waals surface area (Å²) < 4.78 is 0. The number of unbranched alkanes of at least 4 members (excludes halogenated alkanes) is 1. The maximum absolute atomic E-state index is 10.7. The Bertz CT molecular complexity index is 218. The van der Waals surface area contributed by atoms with Crippen molar-refractivity contribution in [3.8, 4) is 6.07 Å². The highest BCUT2D eigenvalue weighted by molar-refractivity contribution is 5.75. The second-order valence-electron chi connectivity index (χ2n) is 4.20. The van der Waals surface area contributed by atoms with Gasteiger partial charge in [0, 0.05) is 25.4 Å². The summed E-state index contributed by atoms with van der Waals surface area (Å²) in [6.45, 7) is 7.75. The largest absolute Gasteiger partial charge is 0.300 e. The van der Waals surface area contributed by atoms with Gasteiger partial charge in [-0.3, -0.25) is 4.90 Å². The topological polar surface area (TPSA) is 44.1 Å². The number of carbonyl (C=O) groups is 1. The molecule has 0 spiro atoms. The van der Waals surface area contributed by atoms with Gasteiger partial charge in [-0.2, -0.15) is 5.26 Å². The molecule has 0 radical (unpaired) electrons. The number of nitriles is 1. The van der Waals surface area contributed by atoms with E-state index in [0.717, 1.165) is 25.9 Å². The molecule has 0 saturated heterocycles. The lowest BCUT2D eigenvalue weighted by Crippen LogP contribution is -2.32. The Morgan fingerprint density at radius 2 is 2.00 bits per heavy atom. The maximum Gasteiger partial charge on any atom is 0.129 e. The first kappa shape index (κ1) is 14.1. The summed E-state index contributed by atoms with van der Waals surface area (Å²) in [4.78, 5) is 13.0. The highest BCUT2D eigenvalue weighted by Crippen LogP contribution is 2.04. The zero-order valence-electron chi connectivity index (χ0n) is 10.1. The van der Waals surface area contributed by atoms with Crippen molar-refractivity contribution in [1.29, 1.82) is 5.26 Å². The lowest BCUT2D eigenvalue weighted by molar-refractivity contribution is -0.117. The molecule has 86 valence electrons. The van der Waals surface area contributed by atoms with Crippen LogP contribution in [-0.4, -0.2) is 29.8 Å². The first-order chi connectivity index (χ1) is 7.07. The van der Waals surface area contributed by atoms with E-state index in [1.807, 2.05) is 0 Å². The van der Waals surface area contributed by atoms with Crippen LogP contribution in [-0.2, 0) is 4.79 Å². The van der Waals surface area contributed by atoms with E-state index in [1.165, 1.54) is 0 Å². The molecule has 3 heteroatoms. The minimum Gasteiger partial charge on any atom is -0.300 e. The van der Waals surface area contributed by atoms with Gasteiger partial charge in [-0.1, -0.05) is 0 Å². The van der Waals surface area contributed by atoms with Gasteiger partial charge in [0.05, 0.1) is 6.07 Å². The van der Waals surface area contributed by atoms with Crippen molar-refractivity contribution in [1.82, 2.24) is 4.90 Å². The molecule has 0 amide bonds. The summed E-state index contributed by atoms with van der Waals surface area (Å²) in [5, 5.41) is 8.52. The molecular weight excluding hydrogens is 188 g/mol. The number of Topliss-reactive ketones (excluding diaryl/α,β-unsaturated/α-hetero) is 1. The fraction of sp³-hybridized carbons (Fsp3) is 0.833. The van der Waals surface area contributed by atoms with Crippen LogP contribution in [0.5, 0.6) is 0 Å². The molecule has 3 nitrogen and oxygen atoms in total. The van der Waals surface area contributed by atoms with Crippen LogP contribution in [0.1, 0.15) is 46.5 Å². The zero-order chi connectivity index (χ0) is 11.7. The van der Waals surface area contributed by atoms with E-state index in [0.29, 0.717) is 18.9 Å². The van der Waals surface area contributed by atoms with Crippen molar-refractivity contribution in [3.63, 3.8) is 0 Å². The van der Waals surface area contributed by atoms with Crippen molar-refractivity contribution in [2.24, 2.45) is 0 Å². The quantitative estimate of drug-likeness (QED) is 0.578. The Labute approximate surface area is 93.1 Å². The van der Waals surface area contributed by atoms with Gasteiger partial charge in [-0.25, -0.2) is 0 Å². The molecule has 0 heterocycles. The number of rotatable bonds is 8. The van der Waals surface area contributed by atoms with E-state index in [-0.39, 0.29) is 5.78 Å². The molecule has 0 atom stereocenters. The van der Waals surface area contributed by atoms with E-state index in [4.69, 9.17) is 5.26 Å². The fourth-order valence-electron chi connectivity index (χ4n) is 1.51. The third-order valence-corrected chi connectivity index (χ3v) is 2.47. The lowest BCUT2D eigenvalue weighted by Gasteiger charge is -2.25. The molecular formula is C12H22N2O. The molecule has 0 aromatic heterocycles. The van der Waals surface area contributed by atoms with Crippen molar-refractivity contribution in [2.45, 2.75) is 52.5 Å². The van der Waals surface area contributed by atoms with Crippen LogP contribution < -0.4 is 0 Å². The van der Waals surface area contributed by atoms with E-state index in [9.17, 15) is 4.79 Å². The lowest BCUT2D eigenvalue weighted by atomic mass is 10.1. The van der Waals surface area contributed by atoms with Gasteiger partial charge in [0.2, 0.25) is 0 Å². The number of carbonyl (C=O) groups excluding carboxylic acids is 1. The van der Waals surface area contributed by atoms with Gasteiger partial charge in [0.15, 0.2) is 0 Å². The monoisotopic (exact) mass is 210 g/mol. The van der Waals surface area contributed by atoms with Crippen LogP contribution in [0, 0.1) is 11.3 Å². The SMILES string of the molecule is CC(=O)CCCCN(CCC#N)C(C)C. The predicted octanol–water partition coefficient (Wildman–Crippen LogP) is 2.37. The summed E-state index contributed by atoms with van der Waals surface area (Å²) in [5.41, 5.74) is 0. The highest BCUT2D eigenvalue weighted by Gasteiger charge is 2.08. The Kier molecular flexibility index (Phi) is 7.94. The summed E-state index contributed by atoms with van der Waals surface area (Å²) in [6.07, 6.45) is 3.28. The standard InChI is InChI=1S/C12H22N2O/c1-11(2)14(10-6-8-13)9-5-4-7-12(3)15/h11H,4-7,9-10H2,1-3H3. The second-order valence-corrected chi connectivity index (χ2v) is 4.20. The summed E-state index contributed by atoms with van der Waals surface area (Å²) >= 11 is 0. The fourth-order valence-corrected chi connectivity index (χ4v) is 1.51. The van der Waals surface area contributed by atoms with Crippen molar-refractivity contribution >= 4 is 5.78 Å². The Hall–Kier alpha value is -0.880. The predicted molar refractivity (Wildman–Crippen MR) is 61.5 cm³/mol. The average Bonchev–Trinajstić information content (AvgIpc) is 2.15. The van der Waals surface area contributed by atoms with Gasteiger partial charge >= 0.3 is 0 Å². The van der Waals surface area contributed by atoms with Gasteiger partial charge in [0.25, 0.3) is 0 Å². The van der Waals surface area contributed by atoms with Crippen molar-refractivity contribution < 1.29 is 4.79 Å². The van der Waals surface area contributed by atoms with Crippen LogP contribution in [0.4, 0.5) is 0 Å². The molecule has 0 N–H and O–H groups in total.